The molecule has 0 bridgehead atoms. The molecule has 0 amide bonds. The smallest absolute Gasteiger partial charge is 0.0388 e. The minimum Gasteiger partial charge on any atom is -0.0654 e. The zero-order chi connectivity index (χ0) is 11.8. The maximum atomic E-state index is 2.46. The summed E-state index contributed by atoms with van der Waals surface area (Å²) in [6.07, 6.45) is 14.7. The van der Waals surface area contributed by atoms with Gasteiger partial charge in [0.15, 0.2) is 0 Å². The topological polar surface area (TPSA) is 0 Å². The van der Waals surface area contributed by atoms with Crippen LogP contribution in [0.4, 0.5) is 0 Å². The number of hydrogen-bond donors (Lipinski definition) is 0. The second-order valence-corrected chi connectivity index (χ2v) is 6.20. The summed E-state index contributed by atoms with van der Waals surface area (Å²) in [6, 6.07) is 0. The summed E-state index contributed by atoms with van der Waals surface area (Å²) in [5.74, 6) is 3.06. The number of hydrogen-bond acceptors (Lipinski definition) is 0. The van der Waals surface area contributed by atoms with Crippen molar-refractivity contribution in [1.82, 2.24) is 0 Å². The van der Waals surface area contributed by atoms with Gasteiger partial charge in [0, 0.05) is 0 Å². The minimum absolute atomic E-state index is 0.977. The fourth-order valence-electron chi connectivity index (χ4n) is 3.21. The van der Waals surface area contributed by atoms with E-state index in [4.69, 9.17) is 0 Å². The molecule has 1 saturated carbocycles. The van der Waals surface area contributed by atoms with E-state index in [9.17, 15) is 0 Å². The molecule has 0 heteroatoms. The van der Waals surface area contributed by atoms with Crippen LogP contribution < -0.4 is 0 Å². The summed E-state index contributed by atoms with van der Waals surface area (Å²) in [5.41, 5.74) is 0. The van der Waals surface area contributed by atoms with Gasteiger partial charge >= 0.3 is 0 Å². The van der Waals surface area contributed by atoms with E-state index in [0.717, 1.165) is 17.8 Å². The van der Waals surface area contributed by atoms with E-state index in [2.05, 4.69) is 20.8 Å². The van der Waals surface area contributed by atoms with Gasteiger partial charge in [-0.1, -0.05) is 78.6 Å². The van der Waals surface area contributed by atoms with Gasteiger partial charge in [0.1, 0.15) is 0 Å². The van der Waals surface area contributed by atoms with Gasteiger partial charge in [0.2, 0.25) is 0 Å². The molecule has 0 spiro atoms. The van der Waals surface area contributed by atoms with Crippen molar-refractivity contribution < 1.29 is 0 Å². The quantitative estimate of drug-likeness (QED) is 0.456. The van der Waals surface area contributed by atoms with Gasteiger partial charge in [-0.15, -0.1) is 0 Å². The van der Waals surface area contributed by atoms with Crippen LogP contribution in [-0.2, 0) is 0 Å². The highest BCUT2D eigenvalue weighted by Crippen LogP contribution is 2.35. The van der Waals surface area contributed by atoms with Crippen molar-refractivity contribution in [2.45, 2.75) is 85.0 Å². The molecular weight excluding hydrogens is 192 g/mol. The first-order chi connectivity index (χ1) is 7.74. The van der Waals surface area contributed by atoms with Crippen LogP contribution in [0, 0.1) is 17.8 Å². The van der Waals surface area contributed by atoms with Gasteiger partial charge in [0.25, 0.3) is 0 Å². The summed E-state index contributed by atoms with van der Waals surface area (Å²) < 4.78 is 0. The molecule has 0 N–H and O–H groups in total. The average molecular weight is 224 g/mol. The van der Waals surface area contributed by atoms with Gasteiger partial charge in [-0.2, -0.15) is 0 Å². The van der Waals surface area contributed by atoms with Gasteiger partial charge in [-0.25, -0.2) is 0 Å². The van der Waals surface area contributed by atoms with Crippen LogP contribution in [-0.4, -0.2) is 0 Å². The van der Waals surface area contributed by atoms with Crippen molar-refractivity contribution in [1.29, 1.82) is 0 Å². The third-order valence-electron chi connectivity index (χ3n) is 4.62. The molecule has 0 aliphatic heterocycles. The van der Waals surface area contributed by atoms with Crippen molar-refractivity contribution >= 4 is 0 Å². The first-order valence-corrected chi connectivity index (χ1v) is 7.74. The molecule has 16 heavy (non-hydrogen) atoms. The largest absolute Gasteiger partial charge is 0.0654 e. The van der Waals surface area contributed by atoms with E-state index < -0.39 is 0 Å². The van der Waals surface area contributed by atoms with Gasteiger partial charge in [-0.3, -0.25) is 0 Å². The molecular formula is C16H32. The molecule has 1 unspecified atom stereocenters. The Morgan fingerprint density at radius 1 is 1.06 bits per heavy atom. The van der Waals surface area contributed by atoms with Crippen LogP contribution in [0.25, 0.3) is 0 Å². The van der Waals surface area contributed by atoms with Crippen molar-refractivity contribution in [3.8, 4) is 0 Å². The first kappa shape index (κ1) is 14.1. The van der Waals surface area contributed by atoms with E-state index in [1.807, 2.05) is 0 Å². The molecule has 0 aromatic carbocycles. The molecule has 3 atom stereocenters. The van der Waals surface area contributed by atoms with Crippen LogP contribution in [0.5, 0.6) is 0 Å². The maximum absolute atomic E-state index is 2.46. The van der Waals surface area contributed by atoms with E-state index >= 15 is 0 Å². The van der Waals surface area contributed by atoms with Crippen molar-refractivity contribution in [2.24, 2.45) is 17.8 Å². The zero-order valence-corrected chi connectivity index (χ0v) is 11.8. The molecule has 1 aliphatic rings. The van der Waals surface area contributed by atoms with Gasteiger partial charge < -0.3 is 0 Å². The zero-order valence-electron chi connectivity index (χ0n) is 11.8. The maximum Gasteiger partial charge on any atom is -0.0388 e. The fourth-order valence-corrected chi connectivity index (χ4v) is 3.21. The van der Waals surface area contributed by atoms with E-state index in [0.29, 0.717) is 0 Å². The molecule has 0 heterocycles. The Labute approximate surface area is 103 Å². The lowest BCUT2D eigenvalue weighted by Crippen LogP contribution is -2.06. The predicted molar refractivity (Wildman–Crippen MR) is 73.7 cm³/mol. The fraction of sp³-hybridized carbons (Fsp3) is 1.00. The molecule has 96 valence electrons. The third kappa shape index (κ3) is 5.37. The van der Waals surface area contributed by atoms with E-state index in [-0.39, 0.29) is 0 Å². The first-order valence-electron chi connectivity index (χ1n) is 7.74. The Hall–Kier alpha value is 0. The van der Waals surface area contributed by atoms with Crippen LogP contribution in [0.3, 0.4) is 0 Å². The van der Waals surface area contributed by atoms with Crippen LogP contribution in [0.2, 0.25) is 0 Å². The summed E-state index contributed by atoms with van der Waals surface area (Å²) in [5, 5.41) is 0. The Morgan fingerprint density at radius 2 is 1.88 bits per heavy atom. The SMILES string of the molecule is CCCCCCC(C)CC[C@@H]1CCC[C@H]1C. The third-order valence-corrected chi connectivity index (χ3v) is 4.62. The second-order valence-electron chi connectivity index (χ2n) is 6.20. The average Bonchev–Trinajstić information content (AvgIpc) is 2.67. The van der Waals surface area contributed by atoms with Gasteiger partial charge in [-0.05, 0) is 24.2 Å². The number of unbranched alkanes of at least 4 members (excludes halogenated alkanes) is 3. The van der Waals surface area contributed by atoms with Crippen LogP contribution in [0.15, 0.2) is 0 Å². The highest BCUT2D eigenvalue weighted by molar-refractivity contribution is 4.74. The molecule has 0 aromatic rings. The summed E-state index contributed by atoms with van der Waals surface area (Å²) in [7, 11) is 0. The van der Waals surface area contributed by atoms with E-state index in [1.165, 1.54) is 64.2 Å². The normalized spacial score (nSPS) is 27.2. The van der Waals surface area contributed by atoms with Crippen LogP contribution >= 0.6 is 0 Å². The van der Waals surface area contributed by atoms with E-state index in [1.54, 1.807) is 0 Å². The molecule has 1 aliphatic carbocycles. The summed E-state index contributed by atoms with van der Waals surface area (Å²) >= 11 is 0. The standard InChI is InChI=1S/C16H32/c1-4-5-6-7-9-14(2)12-13-16-11-8-10-15(16)3/h14-16H,4-13H2,1-3H3/t14?,15-,16+/m1/s1. The highest BCUT2D eigenvalue weighted by atomic mass is 14.3. The Morgan fingerprint density at radius 3 is 2.50 bits per heavy atom. The second kappa shape index (κ2) is 8.14. The monoisotopic (exact) mass is 224 g/mol. The Bertz CT molecular complexity index is 161. The van der Waals surface area contributed by atoms with Crippen molar-refractivity contribution in [2.75, 3.05) is 0 Å². The molecule has 1 rings (SSSR count). The highest BCUT2D eigenvalue weighted by Gasteiger charge is 2.23. The molecule has 1 fully saturated rings. The summed E-state index contributed by atoms with van der Waals surface area (Å²) in [4.78, 5) is 0. The minimum atomic E-state index is 0.977. The number of rotatable bonds is 8. The predicted octanol–water partition coefficient (Wildman–Crippen LogP) is 5.81. The van der Waals surface area contributed by atoms with Crippen LogP contribution in [0.1, 0.15) is 85.0 Å². The lowest BCUT2D eigenvalue weighted by Gasteiger charge is -2.18. The molecule has 0 nitrogen and oxygen atoms in total. The summed E-state index contributed by atoms with van der Waals surface area (Å²) in [6.45, 7) is 7.22. The Balaban J connectivity index is 1.99. The molecule has 0 aromatic heterocycles. The van der Waals surface area contributed by atoms with Gasteiger partial charge in [0.05, 0.1) is 0 Å². The lowest BCUT2D eigenvalue weighted by molar-refractivity contribution is 0.338. The molecule has 0 saturated heterocycles. The Kier molecular flexibility index (Phi) is 7.16. The lowest BCUT2D eigenvalue weighted by atomic mass is 9.88. The molecule has 0 radical (unpaired) electrons. The van der Waals surface area contributed by atoms with Crippen molar-refractivity contribution in [3.63, 3.8) is 0 Å². The van der Waals surface area contributed by atoms with Crippen molar-refractivity contribution in [3.05, 3.63) is 0 Å².